The van der Waals surface area contributed by atoms with E-state index in [0.717, 1.165) is 23.8 Å². The van der Waals surface area contributed by atoms with Gasteiger partial charge < -0.3 is 0 Å². The molecule has 0 spiro atoms. The number of nitrogens with zero attached hydrogens (tertiary/aromatic N) is 3. The number of benzene rings is 2. The number of carbonyl (C=O) groups excluding carboxylic acids is 1. The minimum Gasteiger partial charge on any atom is -0.287 e. The molecule has 1 amide bonds. The summed E-state index contributed by atoms with van der Waals surface area (Å²) in [7, 11) is 0. The van der Waals surface area contributed by atoms with Gasteiger partial charge in [0.1, 0.15) is 0 Å². The Hall–Kier alpha value is -2.67. The van der Waals surface area contributed by atoms with Gasteiger partial charge in [0, 0.05) is 36.0 Å². The van der Waals surface area contributed by atoms with Crippen LogP contribution < -0.4 is 0 Å². The molecule has 7 heteroatoms. The summed E-state index contributed by atoms with van der Waals surface area (Å²) in [4.78, 5) is 29.8. The molecule has 140 valence electrons. The molecule has 1 aliphatic rings. The van der Waals surface area contributed by atoms with Gasteiger partial charge in [-0.1, -0.05) is 42.1 Å². The molecule has 6 nitrogen and oxygen atoms in total. The third-order valence-corrected chi connectivity index (χ3v) is 5.46. The quantitative estimate of drug-likeness (QED) is 0.576. The Balaban J connectivity index is 1.74. The standard InChI is InChI=1S/C20H21N3O3S/c1-15-14-17(8-9-18(15)23(25)26)19(24)22-12-5-13-27-20(22)21-11-10-16-6-3-2-4-7-16/h2-4,6-9,14H,5,10-13H2,1H3. The average Bonchev–Trinajstić information content (AvgIpc) is 2.68. The molecule has 0 bridgehead atoms. The summed E-state index contributed by atoms with van der Waals surface area (Å²) < 4.78 is 0. The second-order valence-electron chi connectivity index (χ2n) is 6.32. The monoisotopic (exact) mass is 383 g/mol. The second-order valence-corrected chi connectivity index (χ2v) is 7.38. The molecule has 2 aromatic carbocycles. The van der Waals surface area contributed by atoms with Gasteiger partial charge in [0.15, 0.2) is 5.17 Å². The molecule has 2 aromatic rings. The van der Waals surface area contributed by atoms with Crippen LogP contribution in [0.2, 0.25) is 0 Å². The number of nitro benzene ring substituents is 1. The van der Waals surface area contributed by atoms with Crippen molar-refractivity contribution in [2.24, 2.45) is 4.99 Å². The maximum absolute atomic E-state index is 12.9. The number of hydrogen-bond acceptors (Lipinski definition) is 5. The predicted molar refractivity (Wildman–Crippen MR) is 108 cm³/mol. The molecule has 1 heterocycles. The molecular weight excluding hydrogens is 362 g/mol. The molecule has 0 aromatic heterocycles. The number of thioether (sulfide) groups is 1. The predicted octanol–water partition coefficient (Wildman–Crippen LogP) is 4.08. The van der Waals surface area contributed by atoms with Gasteiger partial charge in [0.2, 0.25) is 0 Å². The van der Waals surface area contributed by atoms with E-state index < -0.39 is 4.92 Å². The van der Waals surface area contributed by atoms with E-state index in [2.05, 4.69) is 17.1 Å². The molecule has 0 N–H and O–H groups in total. The van der Waals surface area contributed by atoms with Crippen molar-refractivity contribution in [3.63, 3.8) is 0 Å². The average molecular weight is 383 g/mol. The zero-order valence-electron chi connectivity index (χ0n) is 15.1. The van der Waals surface area contributed by atoms with E-state index in [0.29, 0.717) is 24.2 Å². The third kappa shape index (κ3) is 4.74. The van der Waals surface area contributed by atoms with E-state index >= 15 is 0 Å². The third-order valence-electron chi connectivity index (χ3n) is 4.36. The van der Waals surface area contributed by atoms with Crippen molar-refractivity contribution in [1.82, 2.24) is 4.90 Å². The summed E-state index contributed by atoms with van der Waals surface area (Å²) in [5, 5.41) is 11.7. The fourth-order valence-corrected chi connectivity index (χ4v) is 3.92. The fraction of sp³-hybridized carbons (Fsp3) is 0.300. The number of aryl methyl sites for hydroxylation is 1. The van der Waals surface area contributed by atoms with Crippen molar-refractivity contribution in [2.75, 3.05) is 18.8 Å². The zero-order valence-corrected chi connectivity index (χ0v) is 15.9. The Morgan fingerprint density at radius 2 is 2.04 bits per heavy atom. The topological polar surface area (TPSA) is 75.8 Å². The zero-order chi connectivity index (χ0) is 19.2. The van der Waals surface area contributed by atoms with E-state index in [1.165, 1.54) is 17.7 Å². The Morgan fingerprint density at radius 3 is 2.74 bits per heavy atom. The van der Waals surface area contributed by atoms with E-state index in [9.17, 15) is 14.9 Å². The number of aliphatic imine (C=N–C) groups is 1. The molecule has 0 atom stereocenters. The molecule has 1 aliphatic heterocycles. The lowest BCUT2D eigenvalue weighted by atomic mass is 10.1. The summed E-state index contributed by atoms with van der Waals surface area (Å²) in [5.41, 5.74) is 2.18. The molecular formula is C20H21N3O3S. The first-order valence-corrected chi connectivity index (χ1v) is 9.83. The lowest BCUT2D eigenvalue weighted by molar-refractivity contribution is -0.385. The van der Waals surface area contributed by atoms with Crippen LogP contribution >= 0.6 is 11.8 Å². The second kappa shape index (κ2) is 8.81. The van der Waals surface area contributed by atoms with Gasteiger partial charge in [-0.3, -0.25) is 24.8 Å². The van der Waals surface area contributed by atoms with Crippen molar-refractivity contribution in [1.29, 1.82) is 0 Å². The van der Waals surface area contributed by atoms with Crippen molar-refractivity contribution in [3.8, 4) is 0 Å². The number of amidine groups is 1. The molecule has 27 heavy (non-hydrogen) atoms. The first kappa shape index (κ1) is 19.1. The number of hydrogen-bond donors (Lipinski definition) is 0. The van der Waals surface area contributed by atoms with Crippen LogP contribution in [-0.4, -0.2) is 39.7 Å². The summed E-state index contributed by atoms with van der Waals surface area (Å²) in [6, 6.07) is 14.6. The number of amides is 1. The first-order valence-electron chi connectivity index (χ1n) is 8.84. The van der Waals surface area contributed by atoms with Gasteiger partial charge in [0.05, 0.1) is 4.92 Å². The van der Waals surface area contributed by atoms with Crippen LogP contribution in [0, 0.1) is 17.0 Å². The van der Waals surface area contributed by atoms with Crippen LogP contribution in [0.15, 0.2) is 53.5 Å². The molecule has 0 saturated carbocycles. The highest BCUT2D eigenvalue weighted by Gasteiger charge is 2.25. The minimum atomic E-state index is -0.434. The molecule has 0 radical (unpaired) electrons. The summed E-state index contributed by atoms with van der Waals surface area (Å²) in [6.45, 7) is 2.89. The summed E-state index contributed by atoms with van der Waals surface area (Å²) in [5.74, 6) is 0.784. The lowest BCUT2D eigenvalue weighted by Crippen LogP contribution is -2.39. The van der Waals surface area contributed by atoms with Crippen molar-refractivity contribution >= 4 is 28.5 Å². The van der Waals surface area contributed by atoms with Gasteiger partial charge in [-0.05, 0) is 37.5 Å². The van der Waals surface area contributed by atoms with Crippen LogP contribution in [0.1, 0.15) is 27.9 Å². The number of carbonyl (C=O) groups is 1. The maximum atomic E-state index is 12.9. The van der Waals surface area contributed by atoms with Gasteiger partial charge in [0.25, 0.3) is 11.6 Å². The molecule has 3 rings (SSSR count). The van der Waals surface area contributed by atoms with E-state index in [1.807, 2.05) is 18.2 Å². The smallest absolute Gasteiger partial charge is 0.272 e. The molecule has 0 aliphatic carbocycles. The molecule has 1 saturated heterocycles. The van der Waals surface area contributed by atoms with Gasteiger partial charge in [-0.15, -0.1) is 0 Å². The highest BCUT2D eigenvalue weighted by Crippen LogP contribution is 2.23. The largest absolute Gasteiger partial charge is 0.287 e. The molecule has 1 fully saturated rings. The van der Waals surface area contributed by atoms with Crippen LogP contribution in [0.5, 0.6) is 0 Å². The summed E-state index contributed by atoms with van der Waals surface area (Å²) >= 11 is 1.59. The van der Waals surface area contributed by atoms with Crippen LogP contribution in [0.3, 0.4) is 0 Å². The number of rotatable bonds is 5. The van der Waals surface area contributed by atoms with Gasteiger partial charge >= 0.3 is 0 Å². The summed E-state index contributed by atoms with van der Waals surface area (Å²) in [6.07, 6.45) is 1.73. The Kier molecular flexibility index (Phi) is 6.24. The minimum absolute atomic E-state index is 0.0244. The Morgan fingerprint density at radius 1 is 1.26 bits per heavy atom. The van der Waals surface area contributed by atoms with E-state index in [4.69, 9.17) is 0 Å². The normalized spacial score (nSPS) is 15.7. The Bertz CT molecular complexity index is 868. The van der Waals surface area contributed by atoms with Crippen molar-refractivity contribution in [2.45, 2.75) is 19.8 Å². The van der Waals surface area contributed by atoms with Crippen molar-refractivity contribution in [3.05, 3.63) is 75.3 Å². The number of nitro groups is 1. The van der Waals surface area contributed by atoms with Gasteiger partial charge in [-0.25, -0.2) is 0 Å². The lowest BCUT2D eigenvalue weighted by Gasteiger charge is -2.28. The Labute approximate surface area is 162 Å². The van der Waals surface area contributed by atoms with E-state index in [1.54, 1.807) is 29.7 Å². The SMILES string of the molecule is Cc1cc(C(=O)N2CCCSC2=NCCc2ccccc2)ccc1[N+](=O)[O-]. The molecule has 0 unspecified atom stereocenters. The fourth-order valence-electron chi connectivity index (χ4n) is 2.95. The van der Waals surface area contributed by atoms with Crippen LogP contribution in [-0.2, 0) is 6.42 Å². The highest BCUT2D eigenvalue weighted by atomic mass is 32.2. The van der Waals surface area contributed by atoms with Crippen molar-refractivity contribution < 1.29 is 9.72 Å². The van der Waals surface area contributed by atoms with Crippen LogP contribution in [0.25, 0.3) is 0 Å². The first-order chi connectivity index (χ1) is 13.1. The van der Waals surface area contributed by atoms with Crippen LogP contribution in [0.4, 0.5) is 5.69 Å². The van der Waals surface area contributed by atoms with Gasteiger partial charge in [-0.2, -0.15) is 0 Å². The highest BCUT2D eigenvalue weighted by molar-refractivity contribution is 8.13. The maximum Gasteiger partial charge on any atom is 0.272 e. The van der Waals surface area contributed by atoms with E-state index in [-0.39, 0.29) is 11.6 Å².